The minimum Gasteiger partial charge on any atom is -0.358 e. The Kier molecular flexibility index (Phi) is 2.63. The molecule has 0 bridgehead atoms. The number of likely N-dealkylation sites (N-methyl/N-ethyl adjacent to an activating group) is 1. The van der Waals surface area contributed by atoms with E-state index in [1.54, 1.807) is 6.07 Å². The molecule has 3 rings (SSSR count). The van der Waals surface area contributed by atoms with Crippen LogP contribution in [0.15, 0.2) is 18.2 Å². The maximum atomic E-state index is 13.4. The molecule has 2 nitrogen and oxygen atoms in total. The lowest BCUT2D eigenvalue weighted by molar-refractivity contribution is 0.529. The maximum absolute atomic E-state index is 13.4. The van der Waals surface area contributed by atoms with Gasteiger partial charge in [0.1, 0.15) is 5.82 Å². The Bertz CT molecular complexity index is 544. The van der Waals surface area contributed by atoms with Gasteiger partial charge >= 0.3 is 0 Å². The maximum Gasteiger partial charge on any atom is 0.123 e. The average molecular weight is 232 g/mol. The topological polar surface area (TPSA) is 27.8 Å². The van der Waals surface area contributed by atoms with Crippen LogP contribution in [0.3, 0.4) is 0 Å². The smallest absolute Gasteiger partial charge is 0.123 e. The number of fused-ring (bicyclic) bond motifs is 3. The van der Waals surface area contributed by atoms with Crippen molar-refractivity contribution in [2.24, 2.45) is 0 Å². The van der Waals surface area contributed by atoms with Crippen molar-refractivity contribution in [1.82, 2.24) is 10.3 Å². The number of rotatable bonds is 2. The molecule has 0 amide bonds. The van der Waals surface area contributed by atoms with Crippen LogP contribution in [-0.4, -0.2) is 18.6 Å². The molecule has 2 aromatic rings. The summed E-state index contributed by atoms with van der Waals surface area (Å²) >= 11 is 0. The third-order valence-electron chi connectivity index (χ3n) is 3.72. The van der Waals surface area contributed by atoms with Crippen LogP contribution in [-0.2, 0) is 6.42 Å². The Balaban J connectivity index is 2.18. The fourth-order valence-electron chi connectivity index (χ4n) is 3.02. The van der Waals surface area contributed by atoms with Gasteiger partial charge in [-0.25, -0.2) is 4.39 Å². The molecule has 1 unspecified atom stereocenters. The summed E-state index contributed by atoms with van der Waals surface area (Å²) < 4.78 is 13.4. The van der Waals surface area contributed by atoms with E-state index < -0.39 is 0 Å². The Morgan fingerprint density at radius 3 is 3.18 bits per heavy atom. The first-order valence-electron chi connectivity index (χ1n) is 6.24. The minimum absolute atomic E-state index is 0.145. The lowest BCUT2D eigenvalue weighted by Gasteiger charge is -2.22. The number of hydrogen-bond acceptors (Lipinski definition) is 1. The molecule has 1 aliphatic carbocycles. The van der Waals surface area contributed by atoms with Gasteiger partial charge in [0, 0.05) is 23.1 Å². The van der Waals surface area contributed by atoms with Crippen molar-refractivity contribution in [3.05, 3.63) is 35.3 Å². The van der Waals surface area contributed by atoms with Crippen molar-refractivity contribution in [2.45, 2.75) is 25.2 Å². The van der Waals surface area contributed by atoms with Crippen LogP contribution in [0.5, 0.6) is 0 Å². The third kappa shape index (κ3) is 1.75. The predicted molar refractivity (Wildman–Crippen MR) is 67.9 cm³/mol. The van der Waals surface area contributed by atoms with Crippen molar-refractivity contribution in [3.8, 4) is 0 Å². The summed E-state index contributed by atoms with van der Waals surface area (Å²) in [4.78, 5) is 3.44. The number of nitrogens with one attached hydrogen (secondary N) is 2. The molecule has 0 radical (unpaired) electrons. The Hall–Kier alpha value is -1.35. The fourth-order valence-corrected chi connectivity index (χ4v) is 3.02. The number of H-pyrrole nitrogens is 1. The molecular formula is C14H17FN2. The van der Waals surface area contributed by atoms with Gasteiger partial charge in [-0.05, 0) is 56.0 Å². The molecule has 90 valence electrons. The van der Waals surface area contributed by atoms with Gasteiger partial charge in [0.25, 0.3) is 0 Å². The van der Waals surface area contributed by atoms with E-state index in [4.69, 9.17) is 0 Å². The van der Waals surface area contributed by atoms with Crippen molar-refractivity contribution < 1.29 is 4.39 Å². The molecule has 0 saturated heterocycles. The summed E-state index contributed by atoms with van der Waals surface area (Å²) in [5.41, 5.74) is 3.71. The molecule has 3 heteroatoms. The largest absolute Gasteiger partial charge is 0.358 e. The van der Waals surface area contributed by atoms with Gasteiger partial charge in [-0.2, -0.15) is 0 Å². The molecule has 1 aromatic carbocycles. The molecule has 0 saturated carbocycles. The van der Waals surface area contributed by atoms with Gasteiger partial charge in [0.05, 0.1) is 0 Å². The van der Waals surface area contributed by atoms with Gasteiger partial charge < -0.3 is 10.3 Å². The van der Waals surface area contributed by atoms with Crippen molar-refractivity contribution in [3.63, 3.8) is 0 Å². The Labute approximate surface area is 100 Å². The lowest BCUT2D eigenvalue weighted by atomic mass is 9.85. The van der Waals surface area contributed by atoms with E-state index in [-0.39, 0.29) is 5.82 Å². The summed E-state index contributed by atoms with van der Waals surface area (Å²) in [5.74, 6) is 0.368. The van der Waals surface area contributed by atoms with E-state index in [1.165, 1.54) is 30.2 Å². The zero-order valence-electron chi connectivity index (χ0n) is 10.0. The van der Waals surface area contributed by atoms with Crippen LogP contribution in [0.25, 0.3) is 10.9 Å². The first kappa shape index (κ1) is 10.8. The second-order valence-electron chi connectivity index (χ2n) is 4.85. The highest BCUT2D eigenvalue weighted by Crippen LogP contribution is 2.36. The highest BCUT2D eigenvalue weighted by atomic mass is 19.1. The Morgan fingerprint density at radius 2 is 2.35 bits per heavy atom. The number of aryl methyl sites for hydroxylation is 1. The molecule has 1 atom stereocenters. The molecular weight excluding hydrogens is 215 g/mol. The second kappa shape index (κ2) is 4.15. The van der Waals surface area contributed by atoms with E-state index in [0.717, 1.165) is 23.9 Å². The number of hydrogen-bond donors (Lipinski definition) is 2. The van der Waals surface area contributed by atoms with E-state index in [9.17, 15) is 4.39 Å². The van der Waals surface area contributed by atoms with Crippen molar-refractivity contribution in [2.75, 3.05) is 13.6 Å². The van der Waals surface area contributed by atoms with Gasteiger partial charge in [0.15, 0.2) is 0 Å². The van der Waals surface area contributed by atoms with Crippen LogP contribution in [0.1, 0.15) is 30.0 Å². The van der Waals surface area contributed by atoms with E-state index in [1.807, 2.05) is 13.1 Å². The van der Waals surface area contributed by atoms with Crippen molar-refractivity contribution >= 4 is 10.9 Å². The average Bonchev–Trinajstić information content (AvgIpc) is 2.68. The minimum atomic E-state index is -0.145. The van der Waals surface area contributed by atoms with Crippen LogP contribution in [0, 0.1) is 5.82 Å². The first-order valence-corrected chi connectivity index (χ1v) is 6.24. The van der Waals surface area contributed by atoms with Crippen LogP contribution >= 0.6 is 0 Å². The lowest BCUT2D eigenvalue weighted by Crippen LogP contribution is -2.20. The quantitative estimate of drug-likeness (QED) is 0.818. The number of benzene rings is 1. The monoisotopic (exact) mass is 232 g/mol. The molecule has 1 aromatic heterocycles. The van der Waals surface area contributed by atoms with Gasteiger partial charge in [0.2, 0.25) is 0 Å². The zero-order valence-corrected chi connectivity index (χ0v) is 10.0. The van der Waals surface area contributed by atoms with Gasteiger partial charge in [-0.3, -0.25) is 0 Å². The summed E-state index contributed by atoms with van der Waals surface area (Å²) in [7, 11) is 1.98. The fraction of sp³-hybridized carbons (Fsp3) is 0.429. The molecule has 0 aliphatic heterocycles. The normalized spacial score (nSPS) is 19.5. The summed E-state index contributed by atoms with van der Waals surface area (Å²) in [6, 6.07) is 5.04. The second-order valence-corrected chi connectivity index (χ2v) is 4.85. The SMILES string of the molecule is CNCC1CCCc2[nH]c3ccc(F)cc3c21. The van der Waals surface area contributed by atoms with Crippen LogP contribution in [0.4, 0.5) is 4.39 Å². The molecule has 1 aliphatic rings. The molecule has 17 heavy (non-hydrogen) atoms. The number of halogens is 1. The number of aromatic amines is 1. The first-order chi connectivity index (χ1) is 8.29. The van der Waals surface area contributed by atoms with E-state index in [0.29, 0.717) is 5.92 Å². The molecule has 0 spiro atoms. The Morgan fingerprint density at radius 1 is 1.47 bits per heavy atom. The van der Waals surface area contributed by atoms with Gasteiger partial charge in [-0.1, -0.05) is 0 Å². The van der Waals surface area contributed by atoms with Crippen LogP contribution < -0.4 is 5.32 Å². The van der Waals surface area contributed by atoms with Crippen LogP contribution in [0.2, 0.25) is 0 Å². The standard InChI is InChI=1S/C14H17FN2/c1-16-8-9-3-2-4-13-14(9)11-7-10(15)5-6-12(11)17-13/h5-7,9,16-17H,2-4,8H2,1H3. The highest BCUT2D eigenvalue weighted by Gasteiger charge is 2.24. The van der Waals surface area contributed by atoms with E-state index >= 15 is 0 Å². The summed E-state index contributed by atoms with van der Waals surface area (Å²) in [6.07, 6.45) is 3.50. The predicted octanol–water partition coefficient (Wildman–Crippen LogP) is 2.95. The van der Waals surface area contributed by atoms with Gasteiger partial charge in [-0.15, -0.1) is 0 Å². The summed E-state index contributed by atoms with van der Waals surface area (Å²) in [5, 5.41) is 4.31. The van der Waals surface area contributed by atoms with Crippen molar-refractivity contribution in [1.29, 1.82) is 0 Å². The highest BCUT2D eigenvalue weighted by molar-refractivity contribution is 5.85. The molecule has 1 heterocycles. The third-order valence-corrected chi connectivity index (χ3v) is 3.72. The van der Waals surface area contributed by atoms with E-state index in [2.05, 4.69) is 10.3 Å². The molecule has 2 N–H and O–H groups in total. The zero-order chi connectivity index (χ0) is 11.8. The summed E-state index contributed by atoms with van der Waals surface area (Å²) in [6.45, 7) is 0.969. The number of aromatic nitrogens is 1. The molecule has 0 fully saturated rings.